The number of anilines is 1. The van der Waals surface area contributed by atoms with E-state index < -0.39 is 0 Å². The van der Waals surface area contributed by atoms with Crippen molar-refractivity contribution in [2.75, 3.05) is 25.0 Å². The molecule has 0 spiro atoms. The summed E-state index contributed by atoms with van der Waals surface area (Å²) >= 11 is 0. The predicted octanol–water partition coefficient (Wildman–Crippen LogP) is 2.42. The van der Waals surface area contributed by atoms with E-state index >= 15 is 0 Å². The molecule has 6 nitrogen and oxygen atoms in total. The zero-order valence-electron chi connectivity index (χ0n) is 15.9. The number of nitriles is 1. The average Bonchev–Trinajstić information content (AvgIpc) is 2.86. The summed E-state index contributed by atoms with van der Waals surface area (Å²) in [5, 5.41) is 22.4. The van der Waals surface area contributed by atoms with Crippen LogP contribution in [0.1, 0.15) is 35.2 Å². The molecule has 0 saturated carbocycles. The highest BCUT2D eigenvalue weighted by Gasteiger charge is 2.23. The fourth-order valence-electron chi connectivity index (χ4n) is 3.64. The van der Waals surface area contributed by atoms with Crippen molar-refractivity contribution in [1.29, 1.82) is 5.26 Å². The van der Waals surface area contributed by atoms with Gasteiger partial charge in [0.15, 0.2) is 0 Å². The van der Waals surface area contributed by atoms with E-state index in [9.17, 15) is 15.2 Å². The molecular formula is C21H26N4O2. The van der Waals surface area contributed by atoms with E-state index in [1.807, 2.05) is 53.6 Å². The number of amides is 1. The van der Waals surface area contributed by atoms with Gasteiger partial charge in [-0.05, 0) is 44.4 Å². The van der Waals surface area contributed by atoms with Gasteiger partial charge in [-0.3, -0.25) is 9.69 Å². The summed E-state index contributed by atoms with van der Waals surface area (Å²) in [4.78, 5) is 14.6. The number of β-amino-alcohol motifs (C(OH)–C–C–N with tert-alkyl or cyclic N) is 1. The molecule has 3 rings (SSSR count). The smallest absolute Gasteiger partial charge is 0.239 e. The van der Waals surface area contributed by atoms with Crippen LogP contribution in [0.2, 0.25) is 0 Å². The molecule has 1 aromatic carbocycles. The summed E-state index contributed by atoms with van der Waals surface area (Å²) in [7, 11) is 0. The highest BCUT2D eigenvalue weighted by molar-refractivity contribution is 5.93. The topological polar surface area (TPSA) is 81.3 Å². The van der Waals surface area contributed by atoms with Gasteiger partial charge in [-0.15, -0.1) is 0 Å². The van der Waals surface area contributed by atoms with Crippen LogP contribution in [-0.4, -0.2) is 46.2 Å². The molecule has 142 valence electrons. The minimum absolute atomic E-state index is 0.160. The summed E-state index contributed by atoms with van der Waals surface area (Å²) < 4.78 is 1.99. The Morgan fingerprint density at radius 3 is 2.74 bits per heavy atom. The number of hydrogen-bond donors (Lipinski definition) is 2. The molecule has 1 atom stereocenters. The third kappa shape index (κ3) is 4.38. The normalized spacial score (nSPS) is 17.5. The number of nitrogens with zero attached hydrogens (tertiary/aromatic N) is 3. The Hall–Kier alpha value is -2.62. The van der Waals surface area contributed by atoms with Crippen LogP contribution in [0.25, 0.3) is 0 Å². The predicted molar refractivity (Wildman–Crippen MR) is 104 cm³/mol. The van der Waals surface area contributed by atoms with Crippen LogP contribution in [-0.2, 0) is 11.3 Å². The Bertz CT molecular complexity index is 851. The first kappa shape index (κ1) is 19.2. The first-order valence-electron chi connectivity index (χ1n) is 9.33. The number of carbonyl (C=O) groups excluding carboxylic acids is 1. The molecule has 6 heteroatoms. The number of aliphatic hydroxyl groups is 1. The van der Waals surface area contributed by atoms with Crippen molar-refractivity contribution in [3.8, 4) is 6.07 Å². The molecule has 1 saturated heterocycles. The maximum atomic E-state index is 12.6. The fourth-order valence-corrected chi connectivity index (χ4v) is 3.64. The summed E-state index contributed by atoms with van der Waals surface area (Å²) in [5.74, 6) is 0.395. The van der Waals surface area contributed by atoms with E-state index in [0.29, 0.717) is 24.5 Å². The van der Waals surface area contributed by atoms with Crippen LogP contribution in [0.3, 0.4) is 0 Å². The zero-order chi connectivity index (χ0) is 19.4. The number of aromatic nitrogens is 1. The summed E-state index contributed by atoms with van der Waals surface area (Å²) in [6, 6.07) is 12.2. The SMILES string of the molecule is Cc1c(C#N)c(NC(=O)CN2CCCC(O)C2)n(Cc2ccccc2)c1C. The Labute approximate surface area is 160 Å². The first-order chi connectivity index (χ1) is 13.0. The molecule has 27 heavy (non-hydrogen) atoms. The van der Waals surface area contributed by atoms with Gasteiger partial charge in [-0.2, -0.15) is 5.26 Å². The van der Waals surface area contributed by atoms with Crippen LogP contribution in [0, 0.1) is 25.2 Å². The highest BCUT2D eigenvalue weighted by atomic mass is 16.3. The molecule has 1 aliphatic rings. The van der Waals surface area contributed by atoms with Gasteiger partial charge in [0.2, 0.25) is 5.91 Å². The van der Waals surface area contributed by atoms with E-state index in [0.717, 1.165) is 36.2 Å². The Balaban J connectivity index is 1.82. The lowest BCUT2D eigenvalue weighted by atomic mass is 10.1. The molecule has 0 aliphatic carbocycles. The average molecular weight is 366 g/mol. The van der Waals surface area contributed by atoms with Gasteiger partial charge in [0.05, 0.1) is 18.2 Å². The third-order valence-corrected chi connectivity index (χ3v) is 5.23. The van der Waals surface area contributed by atoms with Crippen molar-refractivity contribution in [2.45, 2.75) is 39.3 Å². The van der Waals surface area contributed by atoms with Gasteiger partial charge in [0, 0.05) is 18.8 Å². The Morgan fingerprint density at radius 1 is 1.33 bits per heavy atom. The number of rotatable bonds is 5. The minimum Gasteiger partial charge on any atom is -0.392 e. The molecule has 0 bridgehead atoms. The lowest BCUT2D eigenvalue weighted by molar-refractivity contribution is -0.118. The third-order valence-electron chi connectivity index (χ3n) is 5.23. The van der Waals surface area contributed by atoms with Crippen molar-refractivity contribution in [3.63, 3.8) is 0 Å². The number of likely N-dealkylation sites (tertiary alicyclic amines) is 1. The van der Waals surface area contributed by atoms with E-state index in [1.165, 1.54) is 0 Å². The van der Waals surface area contributed by atoms with E-state index in [2.05, 4.69) is 11.4 Å². The molecule has 0 radical (unpaired) electrons. The van der Waals surface area contributed by atoms with Crippen LogP contribution in [0.5, 0.6) is 0 Å². The number of aliphatic hydroxyl groups excluding tert-OH is 1. The molecule has 1 amide bonds. The van der Waals surface area contributed by atoms with Crippen LogP contribution in [0.4, 0.5) is 5.82 Å². The van der Waals surface area contributed by atoms with Gasteiger partial charge >= 0.3 is 0 Å². The molecule has 2 heterocycles. The molecule has 2 N–H and O–H groups in total. The monoisotopic (exact) mass is 366 g/mol. The van der Waals surface area contributed by atoms with Gasteiger partial charge in [0.1, 0.15) is 11.9 Å². The fraction of sp³-hybridized carbons (Fsp3) is 0.429. The molecule has 1 aromatic heterocycles. The van der Waals surface area contributed by atoms with E-state index in [1.54, 1.807) is 0 Å². The van der Waals surface area contributed by atoms with Gasteiger partial charge in [-0.25, -0.2) is 0 Å². The number of carbonyl (C=O) groups is 1. The second kappa shape index (κ2) is 8.38. The van der Waals surface area contributed by atoms with Crippen molar-refractivity contribution < 1.29 is 9.90 Å². The van der Waals surface area contributed by atoms with Crippen LogP contribution >= 0.6 is 0 Å². The lowest BCUT2D eigenvalue weighted by Gasteiger charge is -2.29. The quantitative estimate of drug-likeness (QED) is 0.851. The molecule has 1 aliphatic heterocycles. The highest BCUT2D eigenvalue weighted by Crippen LogP contribution is 2.27. The molecule has 1 fully saturated rings. The second-order valence-electron chi connectivity index (χ2n) is 7.20. The van der Waals surface area contributed by atoms with Crippen molar-refractivity contribution in [3.05, 3.63) is 52.7 Å². The molecule has 1 unspecified atom stereocenters. The summed E-state index contributed by atoms with van der Waals surface area (Å²) in [5.41, 5.74) is 3.47. The number of hydrogen-bond acceptors (Lipinski definition) is 4. The molecular weight excluding hydrogens is 340 g/mol. The first-order valence-corrected chi connectivity index (χ1v) is 9.33. The largest absolute Gasteiger partial charge is 0.392 e. The summed E-state index contributed by atoms with van der Waals surface area (Å²) in [6.45, 7) is 6.01. The number of nitrogens with one attached hydrogen (secondary N) is 1. The Morgan fingerprint density at radius 2 is 2.07 bits per heavy atom. The van der Waals surface area contributed by atoms with Crippen molar-refractivity contribution in [1.82, 2.24) is 9.47 Å². The van der Waals surface area contributed by atoms with Crippen molar-refractivity contribution in [2.24, 2.45) is 0 Å². The minimum atomic E-state index is -0.368. The number of piperidine rings is 1. The standard InChI is InChI=1S/C21H26N4O2/c1-15-16(2)25(12-17-7-4-3-5-8-17)21(19(15)11-22)23-20(27)14-24-10-6-9-18(26)13-24/h3-5,7-8,18,26H,6,9-10,12-14H2,1-2H3,(H,23,27). The van der Waals surface area contributed by atoms with Gasteiger partial charge in [-0.1, -0.05) is 30.3 Å². The maximum absolute atomic E-state index is 12.6. The lowest BCUT2D eigenvalue weighted by Crippen LogP contribution is -2.42. The Kier molecular flexibility index (Phi) is 5.94. The maximum Gasteiger partial charge on any atom is 0.239 e. The van der Waals surface area contributed by atoms with Crippen LogP contribution in [0.15, 0.2) is 30.3 Å². The van der Waals surface area contributed by atoms with Gasteiger partial charge < -0.3 is 15.0 Å². The second-order valence-corrected chi connectivity index (χ2v) is 7.20. The zero-order valence-corrected chi connectivity index (χ0v) is 15.9. The number of benzene rings is 1. The molecule has 2 aromatic rings. The van der Waals surface area contributed by atoms with Gasteiger partial charge in [0.25, 0.3) is 0 Å². The van der Waals surface area contributed by atoms with E-state index in [-0.39, 0.29) is 18.6 Å². The van der Waals surface area contributed by atoms with Crippen molar-refractivity contribution >= 4 is 11.7 Å². The summed E-state index contributed by atoms with van der Waals surface area (Å²) in [6.07, 6.45) is 1.31. The van der Waals surface area contributed by atoms with Crippen LogP contribution < -0.4 is 5.32 Å². The van der Waals surface area contributed by atoms with E-state index in [4.69, 9.17) is 0 Å².